The number of hydrogen-bond donors (Lipinski definition) is 2. The van der Waals surface area contributed by atoms with Crippen LogP contribution in [0.5, 0.6) is 0 Å². The molecule has 3 rings (SSSR count). The van der Waals surface area contributed by atoms with Crippen molar-refractivity contribution >= 4 is 29.0 Å². The number of aromatic nitrogens is 1. The molecule has 0 radical (unpaired) electrons. The highest BCUT2D eigenvalue weighted by atomic mass is 35.5. The lowest BCUT2D eigenvalue weighted by Crippen LogP contribution is -2.12. The summed E-state index contributed by atoms with van der Waals surface area (Å²) < 4.78 is 0. The first-order chi connectivity index (χ1) is 12.1. The monoisotopic (exact) mass is 351 g/mol. The number of halogens is 1. The quantitative estimate of drug-likeness (QED) is 0.667. The molecule has 3 aromatic rings. The van der Waals surface area contributed by atoms with Crippen molar-refractivity contribution in [2.45, 2.75) is 13.0 Å². The topological polar surface area (TPSA) is 54.0 Å². The second-order valence-electron chi connectivity index (χ2n) is 5.67. The van der Waals surface area contributed by atoms with Crippen molar-refractivity contribution in [1.29, 1.82) is 0 Å². The molecule has 0 fully saturated rings. The van der Waals surface area contributed by atoms with Crippen molar-refractivity contribution in [3.8, 4) is 0 Å². The van der Waals surface area contributed by atoms with Crippen molar-refractivity contribution in [1.82, 2.24) is 4.98 Å². The predicted octanol–water partition coefficient (Wildman–Crippen LogP) is 5.16. The average Bonchev–Trinajstić information content (AvgIpc) is 2.64. The minimum Gasteiger partial charge on any atom is -0.364 e. The van der Waals surface area contributed by atoms with Crippen LogP contribution in [-0.2, 0) is 0 Å². The summed E-state index contributed by atoms with van der Waals surface area (Å²) in [5, 5.41) is 6.67. The second-order valence-corrected chi connectivity index (χ2v) is 6.11. The highest BCUT2D eigenvalue weighted by Crippen LogP contribution is 2.19. The van der Waals surface area contributed by atoms with Crippen LogP contribution in [0, 0.1) is 0 Å². The summed E-state index contributed by atoms with van der Waals surface area (Å²) in [6.45, 7) is 2.08. The number of nitrogens with one attached hydrogen (secondary N) is 2. The zero-order valence-corrected chi connectivity index (χ0v) is 14.5. The second kappa shape index (κ2) is 7.81. The smallest absolute Gasteiger partial charge is 0.255 e. The highest BCUT2D eigenvalue weighted by Gasteiger charge is 2.08. The van der Waals surface area contributed by atoms with Gasteiger partial charge in [0.1, 0.15) is 5.82 Å². The van der Waals surface area contributed by atoms with Gasteiger partial charge in [-0.15, -0.1) is 0 Å². The Bertz CT molecular complexity index is 850. The number of rotatable bonds is 5. The molecule has 0 spiro atoms. The number of pyridine rings is 1. The Balaban J connectivity index is 1.63. The summed E-state index contributed by atoms with van der Waals surface area (Å²) >= 11 is 5.91. The first kappa shape index (κ1) is 17.0. The summed E-state index contributed by atoms with van der Waals surface area (Å²) in [7, 11) is 0. The van der Waals surface area contributed by atoms with Crippen LogP contribution < -0.4 is 10.6 Å². The van der Waals surface area contributed by atoms with Crippen molar-refractivity contribution in [3.05, 3.63) is 89.1 Å². The lowest BCUT2D eigenvalue weighted by molar-refractivity contribution is 0.102. The van der Waals surface area contributed by atoms with E-state index in [9.17, 15) is 4.79 Å². The fraction of sp³-hybridized carbons (Fsp3) is 0.100. The lowest BCUT2D eigenvalue weighted by Gasteiger charge is -2.15. The number of benzene rings is 2. The molecule has 0 saturated heterocycles. The van der Waals surface area contributed by atoms with Crippen molar-refractivity contribution < 1.29 is 4.79 Å². The molecule has 0 aliphatic carbocycles. The molecule has 0 bridgehead atoms. The Kier molecular flexibility index (Phi) is 5.31. The van der Waals surface area contributed by atoms with Crippen LogP contribution in [0.1, 0.15) is 28.9 Å². The van der Waals surface area contributed by atoms with Gasteiger partial charge in [-0.1, -0.05) is 48.0 Å². The van der Waals surface area contributed by atoms with Gasteiger partial charge in [-0.05, 0) is 42.8 Å². The third-order valence-corrected chi connectivity index (χ3v) is 4.01. The Morgan fingerprint density at radius 3 is 2.52 bits per heavy atom. The highest BCUT2D eigenvalue weighted by molar-refractivity contribution is 6.31. The molecule has 4 nitrogen and oxygen atoms in total. The van der Waals surface area contributed by atoms with Gasteiger partial charge in [0.2, 0.25) is 0 Å². The molecule has 1 heterocycles. The number of hydrogen-bond acceptors (Lipinski definition) is 3. The third kappa shape index (κ3) is 4.58. The molecular weight excluding hydrogens is 334 g/mol. The largest absolute Gasteiger partial charge is 0.364 e. The maximum absolute atomic E-state index is 12.2. The van der Waals surface area contributed by atoms with Gasteiger partial charge in [0, 0.05) is 16.6 Å². The molecule has 126 valence electrons. The average molecular weight is 352 g/mol. The Morgan fingerprint density at radius 2 is 1.84 bits per heavy atom. The SMILES string of the molecule is CC(Nc1ccc(NC(=O)c2cccc(Cl)c2)cn1)c1ccccc1. The first-order valence-electron chi connectivity index (χ1n) is 7.96. The standard InChI is InChI=1S/C20H18ClN3O/c1-14(15-6-3-2-4-7-15)23-19-11-10-18(13-22-19)24-20(25)16-8-5-9-17(21)12-16/h2-14H,1H3,(H,22,23)(H,24,25). The van der Waals surface area contributed by atoms with Gasteiger partial charge < -0.3 is 10.6 Å². The van der Waals surface area contributed by atoms with Crippen LogP contribution in [0.25, 0.3) is 0 Å². The molecule has 0 aliphatic rings. The van der Waals surface area contributed by atoms with E-state index in [2.05, 4.69) is 34.7 Å². The van der Waals surface area contributed by atoms with Gasteiger partial charge in [0.25, 0.3) is 5.91 Å². The normalized spacial score (nSPS) is 11.6. The zero-order valence-electron chi connectivity index (χ0n) is 13.7. The van der Waals surface area contributed by atoms with Crippen LogP contribution in [0.3, 0.4) is 0 Å². The van der Waals surface area contributed by atoms with E-state index in [-0.39, 0.29) is 11.9 Å². The van der Waals surface area contributed by atoms with E-state index >= 15 is 0 Å². The van der Waals surface area contributed by atoms with E-state index in [0.717, 1.165) is 5.82 Å². The van der Waals surface area contributed by atoms with Gasteiger partial charge in [-0.3, -0.25) is 4.79 Å². The maximum atomic E-state index is 12.2. The molecule has 1 unspecified atom stereocenters. The minimum atomic E-state index is -0.220. The molecule has 1 atom stereocenters. The third-order valence-electron chi connectivity index (χ3n) is 3.77. The lowest BCUT2D eigenvalue weighted by atomic mass is 10.1. The van der Waals surface area contributed by atoms with Gasteiger partial charge in [0.05, 0.1) is 11.9 Å². The Morgan fingerprint density at radius 1 is 1.04 bits per heavy atom. The number of nitrogens with zero attached hydrogens (tertiary/aromatic N) is 1. The molecule has 0 saturated carbocycles. The molecule has 0 aliphatic heterocycles. The first-order valence-corrected chi connectivity index (χ1v) is 8.34. The van der Waals surface area contributed by atoms with Crippen LogP contribution >= 0.6 is 11.6 Å². The number of carbonyl (C=O) groups excluding carboxylic acids is 1. The van der Waals surface area contributed by atoms with E-state index < -0.39 is 0 Å². The van der Waals surface area contributed by atoms with Crippen LogP contribution in [0.4, 0.5) is 11.5 Å². The van der Waals surface area contributed by atoms with E-state index in [1.54, 1.807) is 30.5 Å². The summed E-state index contributed by atoms with van der Waals surface area (Å²) in [4.78, 5) is 16.6. The molecule has 5 heteroatoms. The summed E-state index contributed by atoms with van der Waals surface area (Å²) in [5.74, 6) is 0.528. The molecule has 25 heavy (non-hydrogen) atoms. The number of carbonyl (C=O) groups is 1. The number of amides is 1. The molecular formula is C20H18ClN3O. The van der Waals surface area contributed by atoms with E-state index in [0.29, 0.717) is 16.3 Å². The predicted molar refractivity (Wildman–Crippen MR) is 102 cm³/mol. The minimum absolute atomic E-state index is 0.139. The van der Waals surface area contributed by atoms with Crippen LogP contribution in [0.15, 0.2) is 72.9 Å². The van der Waals surface area contributed by atoms with Gasteiger partial charge >= 0.3 is 0 Å². The van der Waals surface area contributed by atoms with Gasteiger partial charge in [-0.25, -0.2) is 4.98 Å². The Labute approximate surface area is 151 Å². The Hall–Kier alpha value is -2.85. The van der Waals surface area contributed by atoms with E-state index in [1.165, 1.54) is 5.56 Å². The van der Waals surface area contributed by atoms with E-state index in [1.807, 2.05) is 30.3 Å². The zero-order chi connectivity index (χ0) is 17.6. The van der Waals surface area contributed by atoms with Crippen LogP contribution in [-0.4, -0.2) is 10.9 Å². The summed E-state index contributed by atoms with van der Waals surface area (Å²) in [6.07, 6.45) is 1.63. The van der Waals surface area contributed by atoms with Gasteiger partial charge in [0.15, 0.2) is 0 Å². The number of anilines is 2. The maximum Gasteiger partial charge on any atom is 0.255 e. The van der Waals surface area contributed by atoms with Crippen molar-refractivity contribution in [2.24, 2.45) is 0 Å². The fourth-order valence-electron chi connectivity index (χ4n) is 2.43. The summed E-state index contributed by atoms with van der Waals surface area (Å²) in [5.41, 5.74) is 2.32. The van der Waals surface area contributed by atoms with Gasteiger partial charge in [-0.2, -0.15) is 0 Å². The molecule has 2 aromatic carbocycles. The van der Waals surface area contributed by atoms with E-state index in [4.69, 9.17) is 11.6 Å². The van der Waals surface area contributed by atoms with Crippen LogP contribution in [0.2, 0.25) is 5.02 Å². The fourth-order valence-corrected chi connectivity index (χ4v) is 2.62. The molecule has 1 amide bonds. The molecule has 1 aromatic heterocycles. The molecule has 2 N–H and O–H groups in total. The van der Waals surface area contributed by atoms with Crippen molar-refractivity contribution in [3.63, 3.8) is 0 Å². The summed E-state index contributed by atoms with van der Waals surface area (Å²) in [6, 6.07) is 20.8. The van der Waals surface area contributed by atoms with Crippen molar-refractivity contribution in [2.75, 3.05) is 10.6 Å².